The molecule has 3 N–H and O–H groups in total. The minimum absolute atomic E-state index is 0.171. The number of hydrogen-bond donors (Lipinski definition) is 2. The molecule has 96 valence electrons. The maximum absolute atomic E-state index is 10.8. The largest absolute Gasteiger partial charge is 0.389 e. The zero-order valence-corrected chi connectivity index (χ0v) is 11.1. The molecule has 3 heteroatoms. The summed E-state index contributed by atoms with van der Waals surface area (Å²) in [7, 11) is 0. The molecule has 1 heterocycles. The number of aliphatic hydroxyl groups is 1. The highest BCUT2D eigenvalue weighted by Gasteiger charge is 2.42. The zero-order valence-electron chi connectivity index (χ0n) is 11.1. The lowest BCUT2D eigenvalue weighted by Crippen LogP contribution is -2.49. The fourth-order valence-corrected chi connectivity index (χ4v) is 2.58. The quantitative estimate of drug-likeness (QED) is 0.768. The Bertz CT molecular complexity index is 218. The standard InChI is InChI=1S/C13H28N2O/c1-4-8-15-9-5-6-13(16,7-10-15)12(2,3)11-14/h16H,4-11,14H2,1-3H3. The van der Waals surface area contributed by atoms with Crippen LogP contribution in [-0.4, -0.2) is 41.8 Å². The number of likely N-dealkylation sites (tertiary alicyclic amines) is 1. The maximum Gasteiger partial charge on any atom is 0.0723 e. The van der Waals surface area contributed by atoms with Crippen LogP contribution in [0.2, 0.25) is 0 Å². The van der Waals surface area contributed by atoms with Gasteiger partial charge in [0.2, 0.25) is 0 Å². The molecule has 1 atom stereocenters. The summed E-state index contributed by atoms with van der Waals surface area (Å²) in [5, 5.41) is 10.8. The van der Waals surface area contributed by atoms with E-state index >= 15 is 0 Å². The Morgan fingerprint density at radius 2 is 2.00 bits per heavy atom. The number of nitrogens with two attached hydrogens (primary N) is 1. The SMILES string of the molecule is CCCN1CCCC(O)(C(C)(C)CN)CC1. The third-order valence-electron chi connectivity index (χ3n) is 4.22. The highest BCUT2D eigenvalue weighted by atomic mass is 16.3. The van der Waals surface area contributed by atoms with Gasteiger partial charge >= 0.3 is 0 Å². The van der Waals surface area contributed by atoms with Crippen LogP contribution in [0.25, 0.3) is 0 Å². The average Bonchev–Trinajstić information content (AvgIpc) is 2.43. The van der Waals surface area contributed by atoms with Crippen molar-refractivity contribution in [3.63, 3.8) is 0 Å². The summed E-state index contributed by atoms with van der Waals surface area (Å²) in [5.41, 5.74) is 5.04. The fourth-order valence-electron chi connectivity index (χ4n) is 2.58. The molecule has 0 saturated carbocycles. The van der Waals surface area contributed by atoms with Gasteiger partial charge in [-0.3, -0.25) is 0 Å². The topological polar surface area (TPSA) is 49.5 Å². The monoisotopic (exact) mass is 228 g/mol. The van der Waals surface area contributed by atoms with Crippen LogP contribution in [0, 0.1) is 5.41 Å². The Morgan fingerprint density at radius 1 is 1.31 bits per heavy atom. The van der Waals surface area contributed by atoms with Gasteiger partial charge in [0.25, 0.3) is 0 Å². The second-order valence-corrected chi connectivity index (χ2v) is 5.81. The second-order valence-electron chi connectivity index (χ2n) is 5.81. The number of rotatable bonds is 4. The molecular formula is C13H28N2O. The molecule has 16 heavy (non-hydrogen) atoms. The molecular weight excluding hydrogens is 200 g/mol. The fraction of sp³-hybridized carbons (Fsp3) is 1.00. The lowest BCUT2D eigenvalue weighted by Gasteiger charge is -2.41. The molecule has 0 amide bonds. The van der Waals surface area contributed by atoms with Crippen LogP contribution in [0.4, 0.5) is 0 Å². The molecule has 0 radical (unpaired) electrons. The van der Waals surface area contributed by atoms with Crippen LogP contribution in [0.15, 0.2) is 0 Å². The zero-order chi connectivity index (χ0) is 12.2. The minimum atomic E-state index is -0.579. The lowest BCUT2D eigenvalue weighted by atomic mass is 9.71. The minimum Gasteiger partial charge on any atom is -0.389 e. The molecule has 3 nitrogen and oxygen atoms in total. The van der Waals surface area contributed by atoms with Crippen molar-refractivity contribution >= 4 is 0 Å². The molecule has 1 aliphatic rings. The van der Waals surface area contributed by atoms with Crippen molar-refractivity contribution in [2.24, 2.45) is 11.1 Å². The predicted octanol–water partition coefficient (Wildman–Crippen LogP) is 1.60. The second kappa shape index (κ2) is 5.48. The van der Waals surface area contributed by atoms with Crippen LogP contribution >= 0.6 is 0 Å². The number of hydrogen-bond acceptors (Lipinski definition) is 3. The maximum atomic E-state index is 10.8. The van der Waals surface area contributed by atoms with Gasteiger partial charge in [-0.25, -0.2) is 0 Å². The van der Waals surface area contributed by atoms with Gasteiger partial charge in [0, 0.05) is 18.5 Å². The van der Waals surface area contributed by atoms with Gasteiger partial charge in [0.1, 0.15) is 0 Å². The van der Waals surface area contributed by atoms with E-state index in [2.05, 4.69) is 25.7 Å². The summed E-state index contributed by atoms with van der Waals surface area (Å²) in [4.78, 5) is 2.46. The third-order valence-corrected chi connectivity index (χ3v) is 4.22. The van der Waals surface area contributed by atoms with Crippen LogP contribution in [0.3, 0.4) is 0 Å². The van der Waals surface area contributed by atoms with Gasteiger partial charge in [0.15, 0.2) is 0 Å². The molecule has 0 aliphatic carbocycles. The van der Waals surface area contributed by atoms with Crippen molar-refractivity contribution in [3.05, 3.63) is 0 Å². The van der Waals surface area contributed by atoms with Gasteiger partial charge < -0.3 is 15.7 Å². The first-order valence-electron chi connectivity index (χ1n) is 6.60. The van der Waals surface area contributed by atoms with Crippen molar-refractivity contribution in [1.29, 1.82) is 0 Å². The molecule has 1 aliphatic heterocycles. The molecule has 0 aromatic heterocycles. The van der Waals surface area contributed by atoms with E-state index in [0.29, 0.717) is 6.54 Å². The van der Waals surface area contributed by atoms with Gasteiger partial charge in [-0.1, -0.05) is 20.8 Å². The Morgan fingerprint density at radius 3 is 2.56 bits per heavy atom. The predicted molar refractivity (Wildman–Crippen MR) is 68.4 cm³/mol. The van der Waals surface area contributed by atoms with Crippen LogP contribution < -0.4 is 5.73 Å². The van der Waals surface area contributed by atoms with Crippen molar-refractivity contribution in [2.45, 2.75) is 52.1 Å². The average molecular weight is 228 g/mol. The van der Waals surface area contributed by atoms with E-state index in [-0.39, 0.29) is 5.41 Å². The molecule has 1 rings (SSSR count). The van der Waals surface area contributed by atoms with Crippen LogP contribution in [0.1, 0.15) is 46.5 Å². The Kier molecular flexibility index (Phi) is 4.77. The molecule has 0 aromatic rings. The van der Waals surface area contributed by atoms with Gasteiger partial charge in [-0.05, 0) is 38.8 Å². The summed E-state index contributed by atoms with van der Waals surface area (Å²) < 4.78 is 0. The van der Waals surface area contributed by atoms with Crippen LogP contribution in [-0.2, 0) is 0 Å². The molecule has 0 bridgehead atoms. The molecule has 0 spiro atoms. The van der Waals surface area contributed by atoms with E-state index < -0.39 is 5.60 Å². The van der Waals surface area contributed by atoms with Gasteiger partial charge in [-0.15, -0.1) is 0 Å². The molecule has 1 unspecified atom stereocenters. The summed E-state index contributed by atoms with van der Waals surface area (Å²) in [6.07, 6.45) is 4.02. The van der Waals surface area contributed by atoms with Crippen LogP contribution in [0.5, 0.6) is 0 Å². The molecule has 1 fully saturated rings. The van der Waals surface area contributed by atoms with Crippen molar-refractivity contribution in [2.75, 3.05) is 26.2 Å². The summed E-state index contributed by atoms with van der Waals surface area (Å²) >= 11 is 0. The smallest absolute Gasteiger partial charge is 0.0723 e. The summed E-state index contributed by atoms with van der Waals surface area (Å²) in [6, 6.07) is 0. The van der Waals surface area contributed by atoms with E-state index in [1.54, 1.807) is 0 Å². The summed E-state index contributed by atoms with van der Waals surface area (Å²) in [6.45, 7) is 10.2. The summed E-state index contributed by atoms with van der Waals surface area (Å²) in [5.74, 6) is 0. The highest BCUT2D eigenvalue weighted by Crippen LogP contribution is 2.38. The lowest BCUT2D eigenvalue weighted by molar-refractivity contribution is -0.0729. The first-order chi connectivity index (χ1) is 7.45. The normalized spacial score (nSPS) is 29.1. The van der Waals surface area contributed by atoms with E-state index in [4.69, 9.17) is 5.73 Å². The first kappa shape index (κ1) is 13.9. The Balaban J connectivity index is 2.64. The van der Waals surface area contributed by atoms with Crippen molar-refractivity contribution < 1.29 is 5.11 Å². The number of nitrogens with zero attached hydrogens (tertiary/aromatic N) is 1. The van der Waals surface area contributed by atoms with Crippen molar-refractivity contribution in [3.8, 4) is 0 Å². The van der Waals surface area contributed by atoms with Gasteiger partial charge in [-0.2, -0.15) is 0 Å². The van der Waals surface area contributed by atoms with Gasteiger partial charge in [0.05, 0.1) is 5.60 Å². The third kappa shape index (κ3) is 2.96. The Hall–Kier alpha value is -0.120. The van der Waals surface area contributed by atoms with E-state index in [1.807, 2.05) is 0 Å². The first-order valence-corrected chi connectivity index (χ1v) is 6.60. The van der Waals surface area contributed by atoms with E-state index in [0.717, 1.165) is 38.9 Å². The van der Waals surface area contributed by atoms with Crippen molar-refractivity contribution in [1.82, 2.24) is 4.90 Å². The van der Waals surface area contributed by atoms with E-state index in [9.17, 15) is 5.11 Å². The highest BCUT2D eigenvalue weighted by molar-refractivity contribution is 4.96. The van der Waals surface area contributed by atoms with E-state index in [1.165, 1.54) is 6.42 Å². The molecule has 0 aromatic carbocycles. The Labute approximate surface area is 100 Å². The molecule has 1 saturated heterocycles.